The van der Waals surface area contributed by atoms with Crippen LogP contribution < -0.4 is 25.2 Å². The molecule has 3 amide bonds. The number of aliphatic hydroxyl groups excluding tert-OH is 1. The molecule has 6 heterocycles. The van der Waals surface area contributed by atoms with Crippen molar-refractivity contribution >= 4 is 38.1 Å². The molecule has 8 N–H and O–H groups in total. The molecule has 4 aromatic rings. The van der Waals surface area contributed by atoms with Gasteiger partial charge in [0.2, 0.25) is 5.91 Å². The number of benzene rings is 2. The lowest BCUT2D eigenvalue weighted by Gasteiger charge is -2.64. The van der Waals surface area contributed by atoms with Crippen LogP contribution in [0.15, 0.2) is 49.3 Å². The molecule has 1 unspecified atom stereocenters. The van der Waals surface area contributed by atoms with Crippen LogP contribution in [0.3, 0.4) is 0 Å². The van der Waals surface area contributed by atoms with Gasteiger partial charge in [0.05, 0.1) is 85.5 Å². The van der Waals surface area contributed by atoms with E-state index in [2.05, 4.69) is 46.0 Å². The molecule has 3 aliphatic carbocycles. The third-order valence-electron chi connectivity index (χ3n) is 16.0. The number of carboxylic acid groups (broad SMARTS) is 1. The van der Waals surface area contributed by atoms with Crippen molar-refractivity contribution < 1.29 is 67.3 Å². The number of aliphatic hydroxyl groups is 1. The number of fused-ring (bicyclic) bond motifs is 1. The summed E-state index contributed by atoms with van der Waals surface area (Å²) in [6.07, 6.45) is 8.03. The number of amides is 3. The molecule has 0 spiro atoms. The number of ether oxygens (including phenoxy) is 4. The van der Waals surface area contributed by atoms with Crippen LogP contribution in [0.5, 0.6) is 17.2 Å². The number of nitrogens with zero attached hydrogens (tertiary/aromatic N) is 4. The number of imidazole rings is 2. The topological polar surface area (TPSA) is 295 Å². The molecule has 24 heteroatoms. The van der Waals surface area contributed by atoms with Crippen LogP contribution >= 0.6 is 0 Å². The fourth-order valence-corrected chi connectivity index (χ4v) is 11.7. The number of hydrogen-bond donors (Lipinski definition) is 7. The highest BCUT2D eigenvalue weighted by molar-refractivity contribution is 6.45. The number of alkyl carbamates (subject to hydrolysis) is 1. The number of nitrogens with one attached hydrogen (secondary N) is 3. The minimum Gasteiger partial charge on any atom is -0.535 e. The number of aromatic nitrogens is 4. The van der Waals surface area contributed by atoms with Gasteiger partial charge in [0.15, 0.2) is 12.3 Å². The maximum absolute atomic E-state index is 13.6. The largest absolute Gasteiger partial charge is 0.535 e. The number of carbonyl (C=O) groups is 4. The van der Waals surface area contributed by atoms with Crippen molar-refractivity contribution in [2.75, 3.05) is 26.2 Å². The highest BCUT2D eigenvalue weighted by Gasteiger charge is 2.67. The number of rotatable bonds is 15. The number of likely N-dealkylation sites (tertiary alicyclic amines) is 2. The van der Waals surface area contributed by atoms with Crippen LogP contribution in [0.2, 0.25) is 12.6 Å². The Hall–Kier alpha value is -6.17. The molecule has 0 radical (unpaired) electrons. The van der Waals surface area contributed by atoms with Gasteiger partial charge in [-0.05, 0) is 140 Å². The number of aromatic carboxylic acids is 1. The molecule has 4 aliphatic heterocycles. The van der Waals surface area contributed by atoms with Gasteiger partial charge in [-0.3, -0.25) is 9.59 Å². The van der Waals surface area contributed by atoms with Gasteiger partial charge >= 0.3 is 26.3 Å². The fourth-order valence-electron chi connectivity index (χ4n) is 11.7. The van der Waals surface area contributed by atoms with E-state index in [1.807, 2.05) is 39.8 Å². The molecule has 2 aromatic heterocycles. The zero-order chi connectivity index (χ0) is 56.2. The van der Waals surface area contributed by atoms with Crippen molar-refractivity contribution in [1.29, 1.82) is 0 Å². The summed E-state index contributed by atoms with van der Waals surface area (Å²) in [5.74, 6) is 0.219. The van der Waals surface area contributed by atoms with E-state index in [1.54, 1.807) is 37.8 Å². The van der Waals surface area contributed by atoms with E-state index in [9.17, 15) is 34.4 Å². The normalized spacial score (nSPS) is 23.6. The van der Waals surface area contributed by atoms with E-state index in [4.69, 9.17) is 38.6 Å². The summed E-state index contributed by atoms with van der Waals surface area (Å²) < 4.78 is 42.1. The molecule has 78 heavy (non-hydrogen) atoms. The minimum atomic E-state index is -1.22. The summed E-state index contributed by atoms with van der Waals surface area (Å²) in [4.78, 5) is 67.0. The SMILES string of the molecule is Cc1c(CCB2O[C@@H]3C[C@@H]4C[C@@H](C4(C)C)[C@]3(C)O2)ccc(OC2CN(C(=O)[C@H](NC(=O)OC(C)(C)C)c3cnc[nH]3)C2)c1C(O)OC(C)(C)C.N[C@@H](C(=O)N1CC(Oc2ccc3c(c2C(=O)O)OB(O)CC3)C1)c1cnc[nH]1. The van der Waals surface area contributed by atoms with Gasteiger partial charge in [-0.2, -0.15) is 0 Å². The van der Waals surface area contributed by atoms with Gasteiger partial charge in [0.1, 0.15) is 46.7 Å². The van der Waals surface area contributed by atoms with Crippen LogP contribution in [0.4, 0.5) is 4.79 Å². The molecule has 2 bridgehead atoms. The van der Waals surface area contributed by atoms with E-state index in [1.165, 1.54) is 36.4 Å². The number of H-pyrrole nitrogens is 2. The number of hydrogen-bond acceptors (Lipinski definition) is 16. The summed E-state index contributed by atoms with van der Waals surface area (Å²) in [6, 6.07) is 5.40. The second kappa shape index (κ2) is 21.8. The molecule has 6 fully saturated rings. The van der Waals surface area contributed by atoms with Crippen LogP contribution in [-0.4, -0.2) is 144 Å². The third kappa shape index (κ3) is 11.9. The summed E-state index contributed by atoms with van der Waals surface area (Å²) in [5.41, 5.74) is 8.72. The van der Waals surface area contributed by atoms with Gasteiger partial charge in [0, 0.05) is 0 Å². The first-order valence-electron chi connectivity index (χ1n) is 26.9. The van der Waals surface area contributed by atoms with Gasteiger partial charge in [-0.15, -0.1) is 0 Å². The molecular formula is C54H74B2N8O14. The lowest BCUT2D eigenvalue weighted by atomic mass is 9.43. The Morgan fingerprint density at radius 2 is 1.53 bits per heavy atom. The van der Waals surface area contributed by atoms with Gasteiger partial charge in [0.25, 0.3) is 5.91 Å². The van der Waals surface area contributed by atoms with Crippen LogP contribution in [0.1, 0.15) is 138 Å². The van der Waals surface area contributed by atoms with Gasteiger partial charge in [-0.1, -0.05) is 26.0 Å². The zero-order valence-corrected chi connectivity index (χ0v) is 46.2. The van der Waals surface area contributed by atoms with Crippen molar-refractivity contribution in [2.24, 2.45) is 23.0 Å². The van der Waals surface area contributed by atoms with Crippen molar-refractivity contribution in [3.8, 4) is 17.2 Å². The lowest BCUT2D eigenvalue weighted by molar-refractivity contribution is -0.199. The summed E-state index contributed by atoms with van der Waals surface area (Å²) >= 11 is 0. The Bertz CT molecular complexity index is 2830. The quantitative estimate of drug-likeness (QED) is 0.0574. The molecule has 11 rings (SSSR count). The third-order valence-corrected chi connectivity index (χ3v) is 16.0. The molecule has 2 aromatic carbocycles. The minimum absolute atomic E-state index is 0.116. The van der Waals surface area contributed by atoms with E-state index in [-0.39, 0.29) is 65.3 Å². The van der Waals surface area contributed by atoms with Crippen LogP contribution in [0, 0.1) is 24.2 Å². The molecule has 22 nitrogen and oxygen atoms in total. The van der Waals surface area contributed by atoms with Crippen LogP contribution in [0.25, 0.3) is 0 Å². The van der Waals surface area contributed by atoms with Gasteiger partial charge in [-0.25, -0.2) is 19.6 Å². The maximum Gasteiger partial charge on any atom is 0.522 e. The summed E-state index contributed by atoms with van der Waals surface area (Å²) in [7, 11) is -1.31. The first kappa shape index (κ1) is 56.5. The molecule has 7 atom stereocenters. The van der Waals surface area contributed by atoms with Crippen LogP contribution in [-0.2, 0) is 41.2 Å². The Labute approximate surface area is 455 Å². The average Bonchev–Trinajstić information content (AvgIpc) is 4.27. The highest BCUT2D eigenvalue weighted by atomic mass is 16.7. The molecule has 7 aliphatic rings. The Morgan fingerprint density at radius 1 is 0.897 bits per heavy atom. The van der Waals surface area contributed by atoms with Crippen molar-refractivity contribution in [3.05, 3.63) is 88.5 Å². The summed E-state index contributed by atoms with van der Waals surface area (Å²) in [5, 5.41) is 33.4. The van der Waals surface area contributed by atoms with E-state index < -0.39 is 48.8 Å². The first-order chi connectivity index (χ1) is 36.7. The number of carbonyl (C=O) groups excluding carboxylic acids is 3. The molecular weight excluding hydrogens is 1010 g/mol. The van der Waals surface area contributed by atoms with Gasteiger partial charge < -0.3 is 79.0 Å². The number of aromatic amines is 2. The lowest BCUT2D eigenvalue weighted by Crippen LogP contribution is -2.65. The van der Waals surface area contributed by atoms with E-state index in [0.717, 1.165) is 17.5 Å². The van der Waals surface area contributed by atoms with E-state index in [0.29, 0.717) is 91.8 Å². The number of nitrogens with two attached hydrogens (primary N) is 1. The predicted molar refractivity (Wildman–Crippen MR) is 284 cm³/mol. The number of carboxylic acids is 1. The summed E-state index contributed by atoms with van der Waals surface area (Å²) in [6.45, 7) is 21.1. The van der Waals surface area contributed by atoms with Crippen molar-refractivity contribution in [2.45, 2.75) is 161 Å². The first-order valence-corrected chi connectivity index (χ1v) is 26.9. The zero-order valence-electron chi connectivity index (χ0n) is 46.2. The highest BCUT2D eigenvalue weighted by Crippen LogP contribution is 2.66. The van der Waals surface area contributed by atoms with E-state index >= 15 is 0 Å². The second-order valence-corrected chi connectivity index (χ2v) is 24.2. The monoisotopic (exact) mass is 1080 g/mol. The Morgan fingerprint density at radius 3 is 2.13 bits per heavy atom. The Kier molecular flexibility index (Phi) is 15.8. The average molecular weight is 1080 g/mol. The van der Waals surface area contributed by atoms with Crippen molar-refractivity contribution in [1.82, 2.24) is 35.1 Å². The second-order valence-electron chi connectivity index (χ2n) is 24.2. The fraction of sp³-hybridized carbons (Fsp3) is 0.593. The molecule has 3 saturated carbocycles. The smallest absolute Gasteiger partial charge is 0.522 e. The van der Waals surface area contributed by atoms with Crippen molar-refractivity contribution in [3.63, 3.8) is 0 Å². The maximum atomic E-state index is 13.6. The predicted octanol–water partition coefficient (Wildman–Crippen LogP) is 5.46. The standard InChI is InChI=1S/C37H55BN4O8.C17H19BN4O6/c1-21-22(13-14-38-49-28-16-23-15-27(36(23,8)9)37(28,10)50-38)11-12-26(29(21)32(44)47-34(2,3)4)46-24-18-42(19-24)31(43)30(25-17-39-20-40-25)41-33(45)48-35(5,6)7;19-14(11-5-20-8-21-11)16(23)22-6-10(7-22)27-12-2-1-9-3-4-18(26)28-15(9)13(12)17(24)25/h11-12,17,20,23-24,27-28,30,32,44H,13-16,18-19H2,1-10H3,(H,39,40)(H,41,45);1-2,5,8,10,14,26H,3-4,6-7,19H2,(H,20,21)(H,24,25)/t23-,27-,28+,30+,32?,37-;14-/m01/s1. The number of aryl methyl sites for hydroxylation is 2. The molecule has 420 valence electrons. The molecule has 3 saturated heterocycles. The Balaban J connectivity index is 0.000000222.